The maximum Gasteiger partial charge on any atom is 0.240 e. The molecule has 0 aromatic carbocycles. The summed E-state index contributed by atoms with van der Waals surface area (Å²) in [5, 5.41) is 6.55. The van der Waals surface area contributed by atoms with Gasteiger partial charge in [0.2, 0.25) is 5.95 Å². The van der Waals surface area contributed by atoms with Crippen LogP contribution in [0.1, 0.15) is 19.3 Å². The van der Waals surface area contributed by atoms with E-state index in [2.05, 4.69) is 20.7 Å². The molecule has 2 aromatic heterocycles. The number of nitrogens with zero attached hydrogens (tertiary/aromatic N) is 2. The van der Waals surface area contributed by atoms with Crippen LogP contribution in [0.2, 0.25) is 0 Å². The Kier molecular flexibility index (Phi) is 3.50. The summed E-state index contributed by atoms with van der Waals surface area (Å²) in [7, 11) is 1.77. The summed E-state index contributed by atoms with van der Waals surface area (Å²) < 4.78 is 5.39. The monoisotopic (exact) mass is 279 g/mol. The minimum atomic E-state index is 0.351. The van der Waals surface area contributed by atoms with Gasteiger partial charge in [0.1, 0.15) is 10.6 Å². The number of hydrogen-bond acceptors (Lipinski definition) is 7. The van der Waals surface area contributed by atoms with E-state index in [4.69, 9.17) is 10.6 Å². The van der Waals surface area contributed by atoms with E-state index in [-0.39, 0.29) is 0 Å². The van der Waals surface area contributed by atoms with E-state index in [0.717, 1.165) is 35.3 Å². The smallest absolute Gasteiger partial charge is 0.240 e. The Morgan fingerprint density at radius 2 is 2.32 bits per heavy atom. The molecule has 2 heterocycles. The molecule has 1 saturated carbocycles. The van der Waals surface area contributed by atoms with E-state index in [0.29, 0.717) is 18.1 Å². The number of hydrogen-bond donors (Lipinski definition) is 3. The van der Waals surface area contributed by atoms with Gasteiger partial charge in [-0.2, -0.15) is 4.98 Å². The first-order valence-electron chi connectivity index (χ1n) is 6.31. The van der Waals surface area contributed by atoms with Gasteiger partial charge in [0, 0.05) is 13.2 Å². The highest BCUT2D eigenvalue weighted by atomic mass is 32.1. The maximum absolute atomic E-state index is 5.41. The van der Waals surface area contributed by atoms with Crippen LogP contribution in [0.5, 0.6) is 0 Å². The molecule has 0 saturated heterocycles. The van der Waals surface area contributed by atoms with Gasteiger partial charge in [-0.15, -0.1) is 11.3 Å². The van der Waals surface area contributed by atoms with Gasteiger partial charge in [0.05, 0.1) is 11.5 Å². The summed E-state index contributed by atoms with van der Waals surface area (Å²) in [6.07, 6.45) is 3.55. The molecule has 102 valence electrons. The van der Waals surface area contributed by atoms with E-state index in [1.165, 1.54) is 0 Å². The number of hydrazine groups is 1. The van der Waals surface area contributed by atoms with E-state index < -0.39 is 0 Å². The van der Waals surface area contributed by atoms with E-state index in [1.807, 2.05) is 11.4 Å². The molecule has 7 heteroatoms. The van der Waals surface area contributed by atoms with Crippen molar-refractivity contribution in [1.82, 2.24) is 9.97 Å². The maximum atomic E-state index is 5.41. The second-order valence-electron chi connectivity index (χ2n) is 4.69. The summed E-state index contributed by atoms with van der Waals surface area (Å²) >= 11 is 1.58. The number of thiophene rings is 1. The lowest BCUT2D eigenvalue weighted by molar-refractivity contribution is 0.108. The molecule has 2 unspecified atom stereocenters. The summed E-state index contributed by atoms with van der Waals surface area (Å²) in [6, 6.07) is 2.43. The number of nitrogen functional groups attached to an aromatic ring is 1. The number of fused-ring (bicyclic) bond motifs is 1. The van der Waals surface area contributed by atoms with Crippen molar-refractivity contribution in [3.63, 3.8) is 0 Å². The number of rotatable bonds is 4. The molecule has 0 radical (unpaired) electrons. The third-order valence-electron chi connectivity index (χ3n) is 3.51. The van der Waals surface area contributed by atoms with Crippen LogP contribution in [0, 0.1) is 0 Å². The van der Waals surface area contributed by atoms with E-state index >= 15 is 0 Å². The van der Waals surface area contributed by atoms with Crippen LogP contribution >= 0.6 is 11.3 Å². The van der Waals surface area contributed by atoms with Crippen molar-refractivity contribution in [2.24, 2.45) is 5.84 Å². The van der Waals surface area contributed by atoms with Gasteiger partial charge in [-0.05, 0) is 30.7 Å². The van der Waals surface area contributed by atoms with Gasteiger partial charge < -0.3 is 10.1 Å². The molecule has 1 aliphatic carbocycles. The van der Waals surface area contributed by atoms with Gasteiger partial charge in [-0.3, -0.25) is 5.43 Å². The number of ether oxygens (including phenoxy) is 1. The molecule has 1 fully saturated rings. The third kappa shape index (κ3) is 2.49. The minimum Gasteiger partial charge on any atom is -0.381 e. The van der Waals surface area contributed by atoms with Crippen LogP contribution in [-0.2, 0) is 4.74 Å². The SMILES string of the molecule is COC1CCC(Nc2nc(NN)nc3sccc23)C1. The molecule has 4 N–H and O–H groups in total. The lowest BCUT2D eigenvalue weighted by Crippen LogP contribution is -2.19. The lowest BCUT2D eigenvalue weighted by Gasteiger charge is -2.14. The standard InChI is InChI=1S/C12H17N5OS/c1-18-8-3-2-7(6-8)14-10-9-4-5-19-11(9)16-12(15-10)17-13/h4-5,7-8H,2-3,6,13H2,1H3,(H2,14,15,16,17). The first-order chi connectivity index (χ1) is 9.30. The molecule has 6 nitrogen and oxygen atoms in total. The molecule has 2 aromatic rings. The van der Waals surface area contributed by atoms with Gasteiger partial charge in [-0.1, -0.05) is 0 Å². The van der Waals surface area contributed by atoms with Crippen molar-refractivity contribution in [2.45, 2.75) is 31.4 Å². The normalized spacial score (nSPS) is 22.8. The molecule has 0 bridgehead atoms. The predicted molar refractivity (Wildman–Crippen MR) is 77.3 cm³/mol. The quantitative estimate of drug-likeness (QED) is 0.586. The summed E-state index contributed by atoms with van der Waals surface area (Å²) in [6.45, 7) is 0. The fraction of sp³-hybridized carbons (Fsp3) is 0.500. The zero-order chi connectivity index (χ0) is 13.2. The van der Waals surface area contributed by atoms with Crippen LogP contribution in [0.4, 0.5) is 11.8 Å². The highest BCUT2D eigenvalue weighted by Crippen LogP contribution is 2.30. The number of anilines is 2. The van der Waals surface area contributed by atoms with Gasteiger partial charge in [0.25, 0.3) is 0 Å². The average Bonchev–Trinajstić information content (AvgIpc) is 3.06. The Hall–Kier alpha value is -1.44. The Morgan fingerprint density at radius 3 is 3.05 bits per heavy atom. The Balaban J connectivity index is 1.85. The van der Waals surface area contributed by atoms with Gasteiger partial charge >= 0.3 is 0 Å². The second kappa shape index (κ2) is 5.28. The van der Waals surface area contributed by atoms with Crippen LogP contribution in [-0.4, -0.2) is 29.2 Å². The minimum absolute atomic E-state index is 0.351. The first kappa shape index (κ1) is 12.6. The highest BCUT2D eigenvalue weighted by Gasteiger charge is 2.25. The predicted octanol–water partition coefficient (Wildman–Crippen LogP) is 1.96. The molecule has 19 heavy (non-hydrogen) atoms. The summed E-state index contributed by atoms with van der Waals surface area (Å²) in [4.78, 5) is 9.68. The Morgan fingerprint density at radius 1 is 1.42 bits per heavy atom. The lowest BCUT2D eigenvalue weighted by atomic mass is 10.2. The van der Waals surface area contributed by atoms with Crippen molar-refractivity contribution in [3.8, 4) is 0 Å². The zero-order valence-electron chi connectivity index (χ0n) is 10.7. The van der Waals surface area contributed by atoms with Crippen molar-refractivity contribution >= 4 is 33.3 Å². The van der Waals surface area contributed by atoms with Crippen LogP contribution < -0.4 is 16.6 Å². The van der Waals surface area contributed by atoms with Crippen molar-refractivity contribution in [2.75, 3.05) is 17.9 Å². The largest absolute Gasteiger partial charge is 0.381 e. The topological polar surface area (TPSA) is 85.1 Å². The average molecular weight is 279 g/mol. The molecule has 0 spiro atoms. The molecule has 3 rings (SSSR count). The number of nitrogens with one attached hydrogen (secondary N) is 2. The Bertz CT molecular complexity index is 572. The number of nitrogens with two attached hydrogens (primary N) is 1. The Labute approximate surface area is 115 Å². The van der Waals surface area contributed by atoms with Crippen LogP contribution in [0.3, 0.4) is 0 Å². The summed E-state index contributed by atoms with van der Waals surface area (Å²) in [5.41, 5.74) is 2.51. The van der Waals surface area contributed by atoms with E-state index in [9.17, 15) is 0 Å². The molecule has 2 atom stereocenters. The summed E-state index contributed by atoms with van der Waals surface area (Å²) in [5.74, 6) is 6.70. The molecule has 0 aliphatic heterocycles. The van der Waals surface area contributed by atoms with E-state index in [1.54, 1.807) is 18.4 Å². The van der Waals surface area contributed by atoms with Crippen molar-refractivity contribution in [3.05, 3.63) is 11.4 Å². The second-order valence-corrected chi connectivity index (χ2v) is 5.59. The number of aromatic nitrogens is 2. The highest BCUT2D eigenvalue weighted by molar-refractivity contribution is 7.16. The van der Waals surface area contributed by atoms with Crippen molar-refractivity contribution < 1.29 is 4.74 Å². The van der Waals surface area contributed by atoms with Crippen LogP contribution in [0.25, 0.3) is 10.2 Å². The molecule has 1 aliphatic rings. The fourth-order valence-corrected chi connectivity index (χ4v) is 3.27. The number of methoxy groups -OCH3 is 1. The molecule has 0 amide bonds. The first-order valence-corrected chi connectivity index (χ1v) is 7.19. The third-order valence-corrected chi connectivity index (χ3v) is 4.32. The fourth-order valence-electron chi connectivity index (χ4n) is 2.51. The van der Waals surface area contributed by atoms with Crippen LogP contribution in [0.15, 0.2) is 11.4 Å². The van der Waals surface area contributed by atoms with Crippen molar-refractivity contribution in [1.29, 1.82) is 0 Å². The van der Waals surface area contributed by atoms with Gasteiger partial charge in [-0.25, -0.2) is 10.8 Å². The zero-order valence-corrected chi connectivity index (χ0v) is 11.5. The molecular formula is C12H17N5OS. The molecular weight excluding hydrogens is 262 g/mol. The van der Waals surface area contributed by atoms with Gasteiger partial charge in [0.15, 0.2) is 0 Å².